The Labute approximate surface area is 250 Å². The van der Waals surface area contributed by atoms with E-state index in [1.54, 1.807) is 18.2 Å². The molecule has 0 unspecified atom stereocenters. The van der Waals surface area contributed by atoms with Crippen LogP contribution in [0.15, 0.2) is 56.4 Å². The van der Waals surface area contributed by atoms with Crippen LogP contribution in [0.2, 0.25) is 0 Å². The topological polar surface area (TPSA) is 97.6 Å². The number of thiazole rings is 1. The van der Waals surface area contributed by atoms with Crippen LogP contribution in [0.3, 0.4) is 0 Å². The number of carbonyl (C=O) groups excluding carboxylic acids is 1. The SMILES string of the molecule is CCOc1ccc([C@H]2C(C(=O)OC)=CN=c3s/c(=C/c4cc(Br)c(OC(C)C)c(OCC)c4)c(=O)n32)cc1OCC. The third-order valence-electron chi connectivity index (χ3n) is 5.99. The standard InChI is InChI=1S/C30H33BrN2O7S/c1-7-37-22-11-10-19(15-23(22)38-8-2)26-20(29(35)36-6)16-32-30-33(26)28(34)25(41-30)14-18-12-21(31)27(40-17(4)5)24(13-18)39-9-3/h10-17,26H,7-9H2,1-6H3/b25-14+/t26-/m0/s1. The Balaban J connectivity index is 1.88. The van der Waals surface area contributed by atoms with Crippen LogP contribution in [0, 0.1) is 0 Å². The molecule has 1 atom stereocenters. The highest BCUT2D eigenvalue weighted by molar-refractivity contribution is 9.10. The molecule has 218 valence electrons. The van der Waals surface area contributed by atoms with Crippen molar-refractivity contribution in [1.29, 1.82) is 0 Å². The second kappa shape index (κ2) is 13.4. The van der Waals surface area contributed by atoms with Crippen molar-refractivity contribution in [3.63, 3.8) is 0 Å². The van der Waals surface area contributed by atoms with Crippen molar-refractivity contribution in [2.75, 3.05) is 26.9 Å². The first kappa shape index (κ1) is 30.4. The van der Waals surface area contributed by atoms with E-state index < -0.39 is 12.0 Å². The lowest BCUT2D eigenvalue weighted by Gasteiger charge is -2.23. The number of benzene rings is 2. The van der Waals surface area contributed by atoms with Gasteiger partial charge in [0.05, 0.1) is 53.7 Å². The van der Waals surface area contributed by atoms with E-state index in [0.717, 1.165) is 5.56 Å². The number of ether oxygens (including phenoxy) is 5. The molecule has 0 N–H and O–H groups in total. The van der Waals surface area contributed by atoms with E-state index in [1.165, 1.54) is 29.2 Å². The van der Waals surface area contributed by atoms with E-state index in [-0.39, 0.29) is 17.2 Å². The normalized spacial score (nSPS) is 14.7. The second-order valence-corrected chi connectivity index (χ2v) is 11.0. The molecule has 1 aliphatic rings. The monoisotopic (exact) mass is 644 g/mol. The summed E-state index contributed by atoms with van der Waals surface area (Å²) in [6, 6.07) is 8.32. The zero-order valence-corrected chi connectivity index (χ0v) is 26.3. The summed E-state index contributed by atoms with van der Waals surface area (Å²) in [4.78, 5) is 31.7. The van der Waals surface area contributed by atoms with Crippen LogP contribution in [0.25, 0.3) is 6.08 Å². The molecular formula is C30H33BrN2O7S. The minimum Gasteiger partial charge on any atom is -0.490 e. The van der Waals surface area contributed by atoms with Gasteiger partial charge in [0.25, 0.3) is 5.56 Å². The number of nitrogens with zero attached hydrogens (tertiary/aromatic N) is 2. The summed E-state index contributed by atoms with van der Waals surface area (Å²) >= 11 is 4.82. The summed E-state index contributed by atoms with van der Waals surface area (Å²) in [7, 11) is 1.30. The van der Waals surface area contributed by atoms with Gasteiger partial charge in [0.2, 0.25) is 0 Å². The molecule has 2 aromatic carbocycles. The first-order valence-corrected chi connectivity index (χ1v) is 14.9. The van der Waals surface area contributed by atoms with Gasteiger partial charge in [-0.3, -0.25) is 9.36 Å². The Morgan fingerprint density at radius 2 is 1.73 bits per heavy atom. The number of methoxy groups -OCH3 is 1. The summed E-state index contributed by atoms with van der Waals surface area (Å²) in [5, 5.41) is 0. The molecule has 0 saturated heterocycles. The van der Waals surface area contributed by atoms with Crippen molar-refractivity contribution in [2.45, 2.75) is 46.8 Å². The van der Waals surface area contributed by atoms with E-state index in [4.69, 9.17) is 23.7 Å². The molecule has 41 heavy (non-hydrogen) atoms. The molecule has 0 aliphatic carbocycles. The lowest BCUT2D eigenvalue weighted by molar-refractivity contribution is -0.136. The molecule has 0 bridgehead atoms. The fourth-order valence-corrected chi connectivity index (χ4v) is 5.95. The highest BCUT2D eigenvalue weighted by atomic mass is 79.9. The van der Waals surface area contributed by atoms with Gasteiger partial charge in [-0.05, 0) is 92.0 Å². The lowest BCUT2D eigenvalue weighted by atomic mass is 9.97. The quantitative estimate of drug-likeness (QED) is 0.278. The number of aromatic nitrogens is 1. The average molecular weight is 646 g/mol. The molecule has 1 aromatic heterocycles. The van der Waals surface area contributed by atoms with Gasteiger partial charge in [0.1, 0.15) is 0 Å². The average Bonchev–Trinajstić information content (AvgIpc) is 3.25. The Morgan fingerprint density at radius 3 is 2.39 bits per heavy atom. The number of rotatable bonds is 11. The van der Waals surface area contributed by atoms with Crippen LogP contribution in [0.4, 0.5) is 0 Å². The molecular weight excluding hydrogens is 612 g/mol. The van der Waals surface area contributed by atoms with Crippen molar-refractivity contribution in [3.8, 4) is 23.0 Å². The predicted octanol–water partition coefficient (Wildman–Crippen LogP) is 4.76. The van der Waals surface area contributed by atoms with Gasteiger partial charge < -0.3 is 23.7 Å². The van der Waals surface area contributed by atoms with Crippen molar-refractivity contribution in [3.05, 3.63) is 77.4 Å². The number of fused-ring (bicyclic) bond motifs is 1. The maximum Gasteiger partial charge on any atom is 0.337 e. The van der Waals surface area contributed by atoms with E-state index >= 15 is 0 Å². The summed E-state index contributed by atoms with van der Waals surface area (Å²) in [6.45, 7) is 10.9. The number of halogens is 1. The van der Waals surface area contributed by atoms with E-state index in [1.807, 2.05) is 52.8 Å². The number of hydrogen-bond acceptors (Lipinski definition) is 9. The first-order chi connectivity index (χ1) is 19.7. The van der Waals surface area contributed by atoms with Gasteiger partial charge in [0, 0.05) is 6.20 Å². The predicted molar refractivity (Wildman–Crippen MR) is 161 cm³/mol. The number of esters is 1. The Kier molecular flexibility index (Phi) is 9.93. The maximum atomic E-state index is 13.9. The van der Waals surface area contributed by atoms with Gasteiger partial charge in [-0.25, -0.2) is 9.79 Å². The van der Waals surface area contributed by atoms with Crippen LogP contribution >= 0.6 is 27.3 Å². The highest BCUT2D eigenvalue weighted by Crippen LogP contribution is 2.38. The lowest BCUT2D eigenvalue weighted by Crippen LogP contribution is -2.39. The summed E-state index contributed by atoms with van der Waals surface area (Å²) in [5.41, 5.74) is 1.34. The number of hydrogen-bond donors (Lipinski definition) is 0. The van der Waals surface area contributed by atoms with Crippen molar-refractivity contribution in [1.82, 2.24) is 4.57 Å². The molecule has 1 aliphatic heterocycles. The first-order valence-electron chi connectivity index (χ1n) is 13.3. The fraction of sp³-hybridized carbons (Fsp3) is 0.367. The van der Waals surface area contributed by atoms with Crippen LogP contribution in [-0.2, 0) is 9.53 Å². The minimum atomic E-state index is -0.775. The number of carbonyl (C=O) groups is 1. The van der Waals surface area contributed by atoms with Gasteiger partial charge in [-0.2, -0.15) is 0 Å². The van der Waals surface area contributed by atoms with E-state index in [9.17, 15) is 9.59 Å². The summed E-state index contributed by atoms with van der Waals surface area (Å²) in [5.74, 6) is 1.69. The third kappa shape index (κ3) is 6.51. The van der Waals surface area contributed by atoms with Gasteiger partial charge >= 0.3 is 5.97 Å². The zero-order chi connectivity index (χ0) is 29.7. The Morgan fingerprint density at radius 1 is 1.05 bits per heavy atom. The van der Waals surface area contributed by atoms with Crippen LogP contribution in [0.5, 0.6) is 23.0 Å². The Hall–Kier alpha value is -3.57. The molecule has 11 heteroatoms. The maximum absolute atomic E-state index is 13.9. The van der Waals surface area contributed by atoms with Crippen LogP contribution < -0.4 is 33.8 Å². The molecule has 9 nitrogen and oxygen atoms in total. The largest absolute Gasteiger partial charge is 0.490 e. The van der Waals surface area contributed by atoms with Crippen molar-refractivity contribution >= 4 is 39.3 Å². The third-order valence-corrected chi connectivity index (χ3v) is 7.58. The van der Waals surface area contributed by atoms with Crippen molar-refractivity contribution < 1.29 is 28.5 Å². The minimum absolute atomic E-state index is 0.0464. The molecule has 0 spiro atoms. The van der Waals surface area contributed by atoms with Gasteiger partial charge in [-0.15, -0.1) is 0 Å². The molecule has 3 aromatic rings. The fourth-order valence-electron chi connectivity index (χ4n) is 4.42. The molecule has 0 fully saturated rings. The van der Waals surface area contributed by atoms with E-state index in [2.05, 4.69) is 20.9 Å². The Bertz CT molecular complexity index is 1640. The smallest absolute Gasteiger partial charge is 0.337 e. The van der Waals surface area contributed by atoms with Gasteiger partial charge in [0.15, 0.2) is 27.8 Å². The molecule has 4 rings (SSSR count). The van der Waals surface area contributed by atoms with E-state index in [0.29, 0.717) is 62.2 Å². The molecule has 2 heterocycles. The zero-order valence-electron chi connectivity index (χ0n) is 23.9. The summed E-state index contributed by atoms with van der Waals surface area (Å²) < 4.78 is 31.0. The summed E-state index contributed by atoms with van der Waals surface area (Å²) in [6.07, 6.45) is 3.19. The highest BCUT2D eigenvalue weighted by Gasteiger charge is 2.31. The van der Waals surface area contributed by atoms with Crippen LogP contribution in [0.1, 0.15) is 51.8 Å². The molecule has 0 amide bonds. The van der Waals surface area contributed by atoms with Gasteiger partial charge in [-0.1, -0.05) is 17.4 Å². The molecule has 0 saturated carbocycles. The van der Waals surface area contributed by atoms with Crippen LogP contribution in [-0.4, -0.2) is 43.6 Å². The molecule has 0 radical (unpaired) electrons. The second-order valence-electron chi connectivity index (χ2n) is 9.18. The van der Waals surface area contributed by atoms with Crippen molar-refractivity contribution in [2.24, 2.45) is 4.99 Å².